The maximum absolute atomic E-state index is 13.2. The number of anilines is 2. The first-order valence-electron chi connectivity index (χ1n) is 9.19. The summed E-state index contributed by atoms with van der Waals surface area (Å²) in [5.41, 5.74) is 0.311. The van der Waals surface area contributed by atoms with Crippen molar-refractivity contribution in [1.29, 1.82) is 0 Å². The van der Waals surface area contributed by atoms with E-state index in [0.717, 1.165) is 23.3 Å². The van der Waals surface area contributed by atoms with E-state index in [2.05, 4.69) is 9.44 Å². The van der Waals surface area contributed by atoms with E-state index >= 15 is 0 Å². The molecule has 170 valence electrons. The maximum Gasteiger partial charge on any atom is 0.417 e. The van der Waals surface area contributed by atoms with Crippen LogP contribution in [-0.4, -0.2) is 16.8 Å². The lowest BCUT2D eigenvalue weighted by molar-refractivity contribution is -0.139. The molecule has 0 bridgehead atoms. The van der Waals surface area contributed by atoms with Gasteiger partial charge in [0.1, 0.15) is 0 Å². The Morgan fingerprint density at radius 1 is 0.688 bits per heavy atom. The molecule has 0 heterocycles. The van der Waals surface area contributed by atoms with Gasteiger partial charge in [-0.3, -0.25) is 9.44 Å². The van der Waals surface area contributed by atoms with Crippen LogP contribution in [0.15, 0.2) is 76.5 Å². The van der Waals surface area contributed by atoms with E-state index in [1.807, 2.05) is 6.92 Å². The smallest absolute Gasteiger partial charge is 0.280 e. The minimum atomic E-state index is -4.87. The van der Waals surface area contributed by atoms with Gasteiger partial charge in [0, 0.05) is 0 Å². The molecule has 0 radical (unpaired) electrons. The molecule has 0 saturated heterocycles. The third-order valence-corrected chi connectivity index (χ3v) is 7.46. The Morgan fingerprint density at radius 3 is 1.88 bits per heavy atom. The van der Waals surface area contributed by atoms with Gasteiger partial charge in [0.05, 0.1) is 26.7 Å². The summed E-state index contributed by atoms with van der Waals surface area (Å²) in [6.07, 6.45) is -4.87. The number of hydrogen-bond acceptors (Lipinski definition) is 4. The van der Waals surface area contributed by atoms with Crippen molar-refractivity contribution in [2.45, 2.75) is 29.8 Å². The standard InChI is InChI=1S/C21H19F3N2O4S2/c1-14-10-11-18(12-15(14)2)31(27,28)25-16-6-5-7-17(13-16)26-32(29,30)20-9-4-3-8-19(20)21(22,23)24/h3-13,25-26H,1-2H3. The molecule has 0 aromatic heterocycles. The van der Waals surface area contributed by atoms with Gasteiger partial charge < -0.3 is 0 Å². The SMILES string of the molecule is Cc1ccc(S(=O)(=O)Nc2cccc(NS(=O)(=O)c3ccccc3C(F)(F)F)c2)cc1C. The Morgan fingerprint density at radius 2 is 1.28 bits per heavy atom. The molecule has 32 heavy (non-hydrogen) atoms. The first kappa shape index (κ1) is 23.6. The molecule has 6 nitrogen and oxygen atoms in total. The van der Waals surface area contributed by atoms with E-state index in [9.17, 15) is 30.0 Å². The lowest BCUT2D eigenvalue weighted by Gasteiger charge is -2.15. The molecule has 0 amide bonds. The summed E-state index contributed by atoms with van der Waals surface area (Å²) >= 11 is 0. The minimum Gasteiger partial charge on any atom is -0.280 e. The van der Waals surface area contributed by atoms with Gasteiger partial charge in [0.2, 0.25) is 0 Å². The fourth-order valence-corrected chi connectivity index (χ4v) is 5.30. The van der Waals surface area contributed by atoms with Crippen LogP contribution in [0.4, 0.5) is 24.5 Å². The van der Waals surface area contributed by atoms with Crippen LogP contribution in [0.1, 0.15) is 16.7 Å². The van der Waals surface area contributed by atoms with Gasteiger partial charge in [0.25, 0.3) is 20.0 Å². The van der Waals surface area contributed by atoms with Gasteiger partial charge in [-0.05, 0) is 67.4 Å². The molecular weight excluding hydrogens is 465 g/mol. The number of rotatable bonds is 6. The summed E-state index contributed by atoms with van der Waals surface area (Å²) in [6, 6.07) is 13.6. The second kappa shape index (κ2) is 8.47. The van der Waals surface area contributed by atoms with E-state index < -0.39 is 36.7 Å². The lowest BCUT2D eigenvalue weighted by atomic mass is 10.1. The highest BCUT2D eigenvalue weighted by molar-refractivity contribution is 7.93. The molecule has 3 aromatic carbocycles. The maximum atomic E-state index is 13.2. The van der Waals surface area contributed by atoms with Crippen LogP contribution in [0.3, 0.4) is 0 Å². The van der Waals surface area contributed by atoms with Crippen LogP contribution in [0.5, 0.6) is 0 Å². The molecule has 2 N–H and O–H groups in total. The monoisotopic (exact) mass is 484 g/mol. The summed E-state index contributed by atoms with van der Waals surface area (Å²) in [6.45, 7) is 3.61. The van der Waals surface area contributed by atoms with Crippen molar-refractivity contribution in [2.75, 3.05) is 9.44 Å². The second-order valence-corrected chi connectivity index (χ2v) is 10.4. The Labute approximate surface area is 184 Å². The highest BCUT2D eigenvalue weighted by Gasteiger charge is 2.36. The zero-order chi connectivity index (χ0) is 23.7. The molecule has 11 heteroatoms. The number of halogens is 3. The summed E-state index contributed by atoms with van der Waals surface area (Å²) in [4.78, 5) is -0.917. The molecule has 3 aromatic rings. The predicted molar refractivity (Wildman–Crippen MR) is 115 cm³/mol. The third kappa shape index (κ3) is 5.22. The number of benzene rings is 3. The minimum absolute atomic E-state index is 0.0192. The van der Waals surface area contributed by atoms with Gasteiger partial charge in [0.15, 0.2) is 0 Å². The van der Waals surface area contributed by atoms with Gasteiger partial charge in [-0.25, -0.2) is 16.8 Å². The van der Waals surface area contributed by atoms with Gasteiger partial charge in [-0.15, -0.1) is 0 Å². The third-order valence-electron chi connectivity index (χ3n) is 4.64. The number of aryl methyl sites for hydroxylation is 2. The van der Waals surface area contributed by atoms with E-state index in [1.165, 1.54) is 42.5 Å². The fourth-order valence-electron chi connectivity index (χ4n) is 2.89. The van der Waals surface area contributed by atoms with Crippen LogP contribution < -0.4 is 9.44 Å². The molecule has 0 aliphatic heterocycles. The highest BCUT2D eigenvalue weighted by atomic mass is 32.2. The van der Waals surface area contributed by atoms with Crippen molar-refractivity contribution in [3.63, 3.8) is 0 Å². The lowest BCUT2D eigenvalue weighted by Crippen LogP contribution is -2.19. The number of alkyl halides is 3. The van der Waals surface area contributed by atoms with Crippen molar-refractivity contribution in [2.24, 2.45) is 0 Å². The summed E-state index contributed by atoms with van der Waals surface area (Å²) in [5, 5.41) is 0. The van der Waals surface area contributed by atoms with Crippen molar-refractivity contribution < 1.29 is 30.0 Å². The Hall–Kier alpha value is -3.05. The average Bonchev–Trinajstić information content (AvgIpc) is 2.69. The fraction of sp³-hybridized carbons (Fsp3) is 0.143. The summed E-state index contributed by atoms with van der Waals surface area (Å²) in [5.74, 6) is 0. The van der Waals surface area contributed by atoms with Crippen molar-refractivity contribution >= 4 is 31.4 Å². The molecule has 0 aliphatic carbocycles. The normalized spacial score (nSPS) is 12.4. The van der Waals surface area contributed by atoms with E-state index in [1.54, 1.807) is 13.0 Å². The highest BCUT2D eigenvalue weighted by Crippen LogP contribution is 2.34. The number of nitrogens with one attached hydrogen (secondary N) is 2. The van der Waals surface area contributed by atoms with Gasteiger partial charge in [-0.2, -0.15) is 13.2 Å². The first-order chi connectivity index (χ1) is 14.8. The van der Waals surface area contributed by atoms with Crippen LogP contribution in [0, 0.1) is 13.8 Å². The van der Waals surface area contributed by atoms with Crippen LogP contribution in [0.25, 0.3) is 0 Å². The zero-order valence-corrected chi connectivity index (χ0v) is 18.6. The van der Waals surface area contributed by atoms with E-state index in [4.69, 9.17) is 0 Å². The van der Waals surface area contributed by atoms with Crippen LogP contribution in [0.2, 0.25) is 0 Å². The van der Waals surface area contributed by atoms with E-state index in [-0.39, 0.29) is 16.3 Å². The Kier molecular flexibility index (Phi) is 6.25. The topological polar surface area (TPSA) is 92.3 Å². The second-order valence-electron chi connectivity index (χ2n) is 7.03. The molecule has 3 rings (SSSR count). The van der Waals surface area contributed by atoms with Gasteiger partial charge >= 0.3 is 6.18 Å². The Balaban J connectivity index is 1.89. The van der Waals surface area contributed by atoms with E-state index in [0.29, 0.717) is 6.07 Å². The average molecular weight is 485 g/mol. The molecule has 0 aliphatic rings. The molecule has 0 atom stereocenters. The first-order valence-corrected chi connectivity index (χ1v) is 12.2. The Bertz CT molecular complexity index is 1370. The summed E-state index contributed by atoms with van der Waals surface area (Å²) < 4.78 is 94.6. The molecule has 0 saturated carbocycles. The molecule has 0 fully saturated rings. The van der Waals surface area contributed by atoms with Gasteiger partial charge in [-0.1, -0.05) is 24.3 Å². The molecular formula is C21H19F3N2O4S2. The van der Waals surface area contributed by atoms with Crippen LogP contribution in [-0.2, 0) is 26.2 Å². The molecule has 0 spiro atoms. The van der Waals surface area contributed by atoms with Crippen molar-refractivity contribution in [3.8, 4) is 0 Å². The van der Waals surface area contributed by atoms with Crippen molar-refractivity contribution in [3.05, 3.63) is 83.4 Å². The molecule has 0 unspecified atom stereocenters. The predicted octanol–water partition coefficient (Wildman–Crippen LogP) is 4.92. The number of sulfonamides is 2. The number of hydrogen-bond donors (Lipinski definition) is 2. The summed E-state index contributed by atoms with van der Waals surface area (Å²) in [7, 11) is -8.56. The zero-order valence-electron chi connectivity index (χ0n) is 16.9. The van der Waals surface area contributed by atoms with Crippen molar-refractivity contribution in [1.82, 2.24) is 0 Å². The quantitative estimate of drug-likeness (QED) is 0.519. The van der Waals surface area contributed by atoms with Crippen LogP contribution >= 0.6 is 0 Å². The largest absolute Gasteiger partial charge is 0.417 e.